The lowest BCUT2D eigenvalue weighted by atomic mass is 10.0. The summed E-state index contributed by atoms with van der Waals surface area (Å²) >= 11 is 8.41. The molecule has 2 atom stereocenters. The van der Waals surface area contributed by atoms with Crippen LogP contribution in [-0.4, -0.2) is 26.5 Å². The van der Waals surface area contributed by atoms with Crippen molar-refractivity contribution in [2.24, 2.45) is 0 Å². The van der Waals surface area contributed by atoms with Gasteiger partial charge in [-0.05, 0) is 49.0 Å². The number of piperidine rings is 1. The van der Waals surface area contributed by atoms with Crippen molar-refractivity contribution < 1.29 is 4.39 Å². The van der Waals surface area contributed by atoms with Crippen LogP contribution in [0, 0.1) is 5.82 Å². The summed E-state index contributed by atoms with van der Waals surface area (Å²) in [6, 6.07) is 13.9. The maximum absolute atomic E-state index is 14.3. The van der Waals surface area contributed by atoms with Gasteiger partial charge in [-0.15, -0.1) is 0 Å². The molecule has 140 valence electrons. The number of anilines is 1. The van der Waals surface area contributed by atoms with Crippen LogP contribution in [0.15, 0.2) is 54.9 Å². The molecule has 2 unspecified atom stereocenters. The fourth-order valence-corrected chi connectivity index (χ4v) is 4.82. The van der Waals surface area contributed by atoms with Crippen molar-refractivity contribution in [1.29, 1.82) is 0 Å². The molecule has 3 aromatic rings. The summed E-state index contributed by atoms with van der Waals surface area (Å²) in [5.74, 6) is -0.305. The first-order valence-corrected chi connectivity index (χ1v) is 10.7. The molecule has 0 amide bonds. The molecule has 27 heavy (non-hydrogen) atoms. The Labute approximate surface area is 177 Å². The van der Waals surface area contributed by atoms with E-state index in [1.807, 2.05) is 30.6 Å². The van der Waals surface area contributed by atoms with Gasteiger partial charge in [0.2, 0.25) is 0 Å². The number of benzene rings is 2. The highest BCUT2D eigenvalue weighted by Gasteiger charge is 2.30. The van der Waals surface area contributed by atoms with Crippen LogP contribution in [0.4, 0.5) is 10.1 Å². The number of nitrogens with one attached hydrogen (secondary N) is 1. The number of aromatic nitrogens is 1. The fourth-order valence-electron chi connectivity index (χ4n) is 3.61. The summed E-state index contributed by atoms with van der Waals surface area (Å²) in [5, 5.41) is 6.17. The molecular weight excluding hydrogens is 476 g/mol. The number of alkyl halides is 1. The predicted octanol–water partition coefficient (Wildman–Crippen LogP) is 5.86. The highest BCUT2D eigenvalue weighted by Crippen LogP contribution is 2.29. The Kier molecular flexibility index (Phi) is 5.80. The van der Waals surface area contributed by atoms with Crippen molar-refractivity contribution >= 4 is 50.7 Å². The lowest BCUT2D eigenvalue weighted by Gasteiger charge is -2.39. The maximum atomic E-state index is 14.3. The van der Waals surface area contributed by atoms with E-state index in [2.05, 4.69) is 56.0 Å². The number of fused-ring (bicyclic) bond motifs is 1. The second-order valence-corrected chi connectivity index (χ2v) is 8.57. The minimum atomic E-state index is -0.305. The first kappa shape index (κ1) is 18.9. The van der Waals surface area contributed by atoms with E-state index >= 15 is 0 Å². The molecule has 0 saturated carbocycles. The van der Waals surface area contributed by atoms with E-state index in [0.29, 0.717) is 18.2 Å². The van der Waals surface area contributed by atoms with Crippen molar-refractivity contribution in [3.63, 3.8) is 0 Å². The standard InChI is InChI=1S/C21H20ClFIN3/c22-18-4-1-3-16(20(18)23)13-27-10-2-5-19(21(27)24)26-17-7-6-15-12-25-9-8-14(15)11-17/h1,3-4,6-9,11-12,19,21,26H,2,5,10,13H2. The molecular formula is C21H20ClFIN3. The predicted molar refractivity (Wildman–Crippen MR) is 118 cm³/mol. The van der Waals surface area contributed by atoms with Gasteiger partial charge in [0.15, 0.2) is 0 Å². The van der Waals surface area contributed by atoms with Gasteiger partial charge in [-0.3, -0.25) is 9.88 Å². The summed E-state index contributed by atoms with van der Waals surface area (Å²) in [5.41, 5.74) is 1.76. The van der Waals surface area contributed by atoms with Gasteiger partial charge < -0.3 is 5.32 Å². The molecule has 1 N–H and O–H groups in total. The molecule has 1 aromatic heterocycles. The van der Waals surface area contributed by atoms with E-state index in [1.54, 1.807) is 6.07 Å². The Morgan fingerprint density at radius 1 is 1.22 bits per heavy atom. The third kappa shape index (κ3) is 4.20. The molecule has 0 spiro atoms. The van der Waals surface area contributed by atoms with E-state index in [0.717, 1.165) is 30.5 Å². The molecule has 0 aliphatic carbocycles. The van der Waals surface area contributed by atoms with Gasteiger partial charge in [-0.2, -0.15) is 0 Å². The maximum Gasteiger partial charge on any atom is 0.146 e. The lowest BCUT2D eigenvalue weighted by Crippen LogP contribution is -2.47. The Morgan fingerprint density at radius 2 is 2.11 bits per heavy atom. The largest absolute Gasteiger partial charge is 0.380 e. The molecule has 6 heteroatoms. The molecule has 2 aromatic carbocycles. The zero-order valence-corrected chi connectivity index (χ0v) is 17.6. The summed E-state index contributed by atoms with van der Waals surface area (Å²) in [4.78, 5) is 6.49. The second kappa shape index (κ2) is 8.29. The van der Waals surface area contributed by atoms with Gasteiger partial charge in [0.05, 0.1) is 15.1 Å². The van der Waals surface area contributed by atoms with Crippen LogP contribution in [0.2, 0.25) is 5.02 Å². The molecule has 1 aliphatic heterocycles. The summed E-state index contributed by atoms with van der Waals surface area (Å²) in [6.45, 7) is 1.53. The zero-order chi connectivity index (χ0) is 18.8. The second-order valence-electron chi connectivity index (χ2n) is 6.89. The van der Waals surface area contributed by atoms with Crippen LogP contribution in [-0.2, 0) is 6.54 Å². The van der Waals surface area contributed by atoms with Crippen molar-refractivity contribution in [3.05, 3.63) is 71.3 Å². The van der Waals surface area contributed by atoms with Crippen molar-refractivity contribution in [2.75, 3.05) is 11.9 Å². The number of likely N-dealkylation sites (tertiary alicyclic amines) is 1. The highest BCUT2D eigenvalue weighted by atomic mass is 127. The van der Waals surface area contributed by atoms with Crippen molar-refractivity contribution in [3.8, 4) is 0 Å². The number of hydrogen-bond acceptors (Lipinski definition) is 3. The monoisotopic (exact) mass is 495 g/mol. The summed E-state index contributed by atoms with van der Waals surface area (Å²) in [7, 11) is 0. The van der Waals surface area contributed by atoms with Crippen molar-refractivity contribution in [2.45, 2.75) is 29.5 Å². The number of nitrogens with zero attached hydrogens (tertiary/aromatic N) is 2. The van der Waals surface area contributed by atoms with E-state index < -0.39 is 0 Å². The van der Waals surface area contributed by atoms with Crippen LogP contribution >= 0.6 is 34.2 Å². The topological polar surface area (TPSA) is 28.2 Å². The average molecular weight is 496 g/mol. The SMILES string of the molecule is Fc1c(Cl)cccc1CN1CCCC(Nc2ccc3cnccc3c2)C1I. The van der Waals surface area contributed by atoms with Crippen LogP contribution in [0.1, 0.15) is 18.4 Å². The molecule has 2 heterocycles. The molecule has 1 saturated heterocycles. The third-order valence-electron chi connectivity index (χ3n) is 5.04. The van der Waals surface area contributed by atoms with E-state index in [9.17, 15) is 4.39 Å². The first-order valence-electron chi connectivity index (χ1n) is 9.03. The number of rotatable bonds is 4. The van der Waals surface area contributed by atoms with Gasteiger partial charge in [0.25, 0.3) is 0 Å². The molecule has 4 rings (SSSR count). The Bertz CT molecular complexity index is 952. The van der Waals surface area contributed by atoms with Gasteiger partial charge >= 0.3 is 0 Å². The molecule has 1 fully saturated rings. The van der Waals surface area contributed by atoms with Crippen LogP contribution in [0.3, 0.4) is 0 Å². The molecule has 1 aliphatic rings. The quantitative estimate of drug-likeness (QED) is 0.279. The minimum absolute atomic E-state index is 0.190. The van der Waals surface area contributed by atoms with E-state index in [1.165, 1.54) is 5.39 Å². The molecule has 0 bridgehead atoms. The highest BCUT2D eigenvalue weighted by molar-refractivity contribution is 14.1. The Hall–Kier alpha value is -1.44. The van der Waals surface area contributed by atoms with Crippen LogP contribution < -0.4 is 5.32 Å². The number of pyridine rings is 1. The smallest absolute Gasteiger partial charge is 0.146 e. The third-order valence-corrected chi connectivity index (χ3v) is 6.99. The number of halogens is 3. The lowest BCUT2D eigenvalue weighted by molar-refractivity contribution is 0.193. The average Bonchev–Trinajstić information content (AvgIpc) is 2.68. The van der Waals surface area contributed by atoms with Crippen LogP contribution in [0.5, 0.6) is 0 Å². The van der Waals surface area contributed by atoms with Gasteiger partial charge in [-0.25, -0.2) is 4.39 Å². The minimum Gasteiger partial charge on any atom is -0.380 e. The normalized spacial score (nSPS) is 20.7. The molecule has 0 radical (unpaired) electrons. The zero-order valence-electron chi connectivity index (χ0n) is 14.7. The van der Waals surface area contributed by atoms with Crippen molar-refractivity contribution in [1.82, 2.24) is 9.88 Å². The Balaban J connectivity index is 1.49. The Morgan fingerprint density at radius 3 is 3.00 bits per heavy atom. The van der Waals surface area contributed by atoms with Gasteiger partial charge in [0, 0.05) is 35.6 Å². The van der Waals surface area contributed by atoms with Gasteiger partial charge in [-0.1, -0.05) is 52.4 Å². The van der Waals surface area contributed by atoms with Crippen LogP contribution in [0.25, 0.3) is 10.8 Å². The first-order chi connectivity index (χ1) is 13.1. The summed E-state index contributed by atoms with van der Waals surface area (Å²) < 4.78 is 14.6. The molecule has 3 nitrogen and oxygen atoms in total. The van der Waals surface area contributed by atoms with Gasteiger partial charge in [0.1, 0.15) is 5.82 Å². The summed E-state index contributed by atoms with van der Waals surface area (Å²) in [6.07, 6.45) is 5.87. The van der Waals surface area contributed by atoms with E-state index in [-0.39, 0.29) is 14.9 Å². The van der Waals surface area contributed by atoms with E-state index in [4.69, 9.17) is 11.6 Å². The number of hydrogen-bond donors (Lipinski definition) is 1. The fraction of sp³-hybridized carbons (Fsp3) is 0.286.